The van der Waals surface area contributed by atoms with E-state index >= 15 is 0 Å². The van der Waals surface area contributed by atoms with Crippen molar-refractivity contribution in [1.82, 2.24) is 0 Å². The summed E-state index contributed by atoms with van der Waals surface area (Å²) >= 11 is 5.88. The quantitative estimate of drug-likeness (QED) is 0.433. The molecule has 0 unspecified atom stereocenters. The van der Waals surface area contributed by atoms with Crippen LogP contribution in [-0.4, -0.2) is 5.97 Å². The summed E-state index contributed by atoms with van der Waals surface area (Å²) in [4.78, 5) is 12.3. The molecule has 3 aromatic rings. The van der Waals surface area contributed by atoms with Crippen LogP contribution in [0.5, 0.6) is 5.75 Å². The van der Waals surface area contributed by atoms with Gasteiger partial charge in [-0.1, -0.05) is 60.1 Å². The van der Waals surface area contributed by atoms with Crippen molar-refractivity contribution in [2.45, 2.75) is 12.8 Å². The number of ether oxygens (including phenoxy) is 1. The summed E-state index contributed by atoms with van der Waals surface area (Å²) in [6, 6.07) is 20.7. The van der Waals surface area contributed by atoms with Gasteiger partial charge in [-0.05, 0) is 42.3 Å². The molecule has 0 radical (unpaired) electrons. The summed E-state index contributed by atoms with van der Waals surface area (Å²) < 4.78 is 19.8. The molecule has 2 nitrogen and oxygen atoms in total. The molecule has 0 aliphatic rings. The first-order valence-corrected chi connectivity index (χ1v) is 8.24. The lowest BCUT2D eigenvalue weighted by Gasteiger charge is -2.13. The summed E-state index contributed by atoms with van der Waals surface area (Å²) in [5, 5.41) is 0.483. The van der Waals surface area contributed by atoms with Crippen LogP contribution in [-0.2, 0) is 4.79 Å². The molecule has 0 heterocycles. The lowest BCUT2D eigenvalue weighted by atomic mass is 9.97. The van der Waals surface area contributed by atoms with E-state index in [0.29, 0.717) is 21.9 Å². The van der Waals surface area contributed by atoms with Crippen LogP contribution in [0, 0.1) is 5.82 Å². The predicted molar refractivity (Wildman–Crippen MR) is 97.3 cm³/mol. The molecule has 0 aliphatic heterocycles. The SMILES string of the molecule is C[C@@H](C(=O)Oc1cccc(Cl)c1)c1ccc(-c2ccccc2)c(F)c1. The standard InChI is InChI=1S/C21H16ClFO2/c1-14(21(24)25-18-9-5-8-17(22)13-18)16-10-11-19(20(23)12-16)15-6-3-2-4-7-15/h2-14H,1H3/t14-/m1/s1. The second-order valence-electron chi connectivity index (χ2n) is 5.71. The fourth-order valence-corrected chi connectivity index (χ4v) is 2.70. The molecule has 4 heteroatoms. The fraction of sp³-hybridized carbons (Fsp3) is 0.0952. The van der Waals surface area contributed by atoms with Crippen LogP contribution in [0.15, 0.2) is 72.8 Å². The normalized spacial score (nSPS) is 11.8. The van der Waals surface area contributed by atoms with Gasteiger partial charge < -0.3 is 4.74 Å². The van der Waals surface area contributed by atoms with E-state index in [2.05, 4.69) is 0 Å². The van der Waals surface area contributed by atoms with E-state index in [1.165, 1.54) is 6.07 Å². The third-order valence-electron chi connectivity index (χ3n) is 3.95. The summed E-state index contributed by atoms with van der Waals surface area (Å²) in [6.07, 6.45) is 0. The molecule has 25 heavy (non-hydrogen) atoms. The molecule has 0 saturated heterocycles. The van der Waals surface area contributed by atoms with Gasteiger partial charge in [-0.25, -0.2) is 4.39 Å². The molecule has 0 fully saturated rings. The number of hydrogen-bond acceptors (Lipinski definition) is 2. The Morgan fingerprint density at radius 1 is 1.00 bits per heavy atom. The van der Waals surface area contributed by atoms with E-state index in [9.17, 15) is 9.18 Å². The lowest BCUT2D eigenvalue weighted by Crippen LogP contribution is -2.16. The lowest BCUT2D eigenvalue weighted by molar-refractivity contribution is -0.135. The Kier molecular flexibility index (Phi) is 5.15. The Hall–Kier alpha value is -2.65. The average molecular weight is 355 g/mol. The third kappa shape index (κ3) is 4.06. The predicted octanol–water partition coefficient (Wildman–Crippen LogP) is 5.86. The molecule has 0 aliphatic carbocycles. The number of hydrogen-bond donors (Lipinski definition) is 0. The van der Waals surface area contributed by atoms with Crippen molar-refractivity contribution >= 4 is 17.6 Å². The van der Waals surface area contributed by atoms with Crippen molar-refractivity contribution in [2.75, 3.05) is 0 Å². The number of carbonyl (C=O) groups is 1. The van der Waals surface area contributed by atoms with Crippen molar-refractivity contribution in [2.24, 2.45) is 0 Å². The van der Waals surface area contributed by atoms with Gasteiger partial charge in [0.1, 0.15) is 11.6 Å². The number of esters is 1. The van der Waals surface area contributed by atoms with Crippen LogP contribution >= 0.6 is 11.6 Å². The van der Waals surface area contributed by atoms with E-state index in [4.69, 9.17) is 16.3 Å². The van der Waals surface area contributed by atoms with Gasteiger partial charge in [0.2, 0.25) is 0 Å². The first-order chi connectivity index (χ1) is 12.0. The van der Waals surface area contributed by atoms with Gasteiger partial charge in [0.15, 0.2) is 0 Å². The van der Waals surface area contributed by atoms with Gasteiger partial charge in [-0.3, -0.25) is 4.79 Å². The van der Waals surface area contributed by atoms with Crippen LogP contribution in [0.25, 0.3) is 11.1 Å². The molecule has 1 atom stereocenters. The number of halogens is 2. The maximum atomic E-state index is 14.5. The van der Waals surface area contributed by atoms with Crippen molar-refractivity contribution in [3.8, 4) is 16.9 Å². The Bertz CT molecular complexity index is 893. The highest BCUT2D eigenvalue weighted by molar-refractivity contribution is 6.30. The van der Waals surface area contributed by atoms with Gasteiger partial charge >= 0.3 is 5.97 Å². The summed E-state index contributed by atoms with van der Waals surface area (Å²) in [5.41, 5.74) is 1.85. The second-order valence-corrected chi connectivity index (χ2v) is 6.14. The highest BCUT2D eigenvalue weighted by atomic mass is 35.5. The van der Waals surface area contributed by atoms with Crippen LogP contribution in [0.2, 0.25) is 5.02 Å². The molecule has 0 bridgehead atoms. The number of benzene rings is 3. The third-order valence-corrected chi connectivity index (χ3v) is 4.18. The average Bonchev–Trinajstić information content (AvgIpc) is 2.61. The second kappa shape index (κ2) is 7.49. The zero-order valence-corrected chi connectivity index (χ0v) is 14.3. The highest BCUT2D eigenvalue weighted by Crippen LogP contribution is 2.27. The van der Waals surface area contributed by atoms with Gasteiger partial charge in [0.25, 0.3) is 0 Å². The molecule has 0 amide bonds. The number of carbonyl (C=O) groups excluding carboxylic acids is 1. The Balaban J connectivity index is 1.79. The molecular weight excluding hydrogens is 339 g/mol. The maximum absolute atomic E-state index is 14.5. The smallest absolute Gasteiger partial charge is 0.318 e. The summed E-state index contributed by atoms with van der Waals surface area (Å²) in [5.74, 6) is -1.07. The van der Waals surface area contributed by atoms with Crippen molar-refractivity contribution in [1.29, 1.82) is 0 Å². The molecule has 3 aromatic carbocycles. The summed E-state index contributed by atoms with van der Waals surface area (Å²) in [6.45, 7) is 1.68. The van der Waals surface area contributed by atoms with E-state index in [0.717, 1.165) is 5.56 Å². The first-order valence-electron chi connectivity index (χ1n) is 7.87. The number of rotatable bonds is 4. The topological polar surface area (TPSA) is 26.3 Å². The van der Waals surface area contributed by atoms with Crippen LogP contribution in [0.4, 0.5) is 4.39 Å². The largest absolute Gasteiger partial charge is 0.426 e. The molecule has 0 aromatic heterocycles. The van der Waals surface area contributed by atoms with Crippen molar-refractivity contribution in [3.63, 3.8) is 0 Å². The highest BCUT2D eigenvalue weighted by Gasteiger charge is 2.19. The minimum atomic E-state index is -0.599. The maximum Gasteiger partial charge on any atom is 0.318 e. The fourth-order valence-electron chi connectivity index (χ4n) is 2.52. The van der Waals surface area contributed by atoms with Crippen molar-refractivity contribution in [3.05, 3.63) is 89.2 Å². The van der Waals surface area contributed by atoms with Gasteiger partial charge in [-0.2, -0.15) is 0 Å². The van der Waals surface area contributed by atoms with E-state index < -0.39 is 11.9 Å². The first kappa shape index (κ1) is 17.2. The Morgan fingerprint density at radius 2 is 1.76 bits per heavy atom. The van der Waals surface area contributed by atoms with Crippen LogP contribution in [0.3, 0.4) is 0 Å². The van der Waals surface area contributed by atoms with Gasteiger partial charge in [0, 0.05) is 10.6 Å². The molecule has 0 N–H and O–H groups in total. The van der Waals surface area contributed by atoms with E-state index in [1.54, 1.807) is 43.3 Å². The minimum absolute atomic E-state index is 0.366. The van der Waals surface area contributed by atoms with E-state index in [-0.39, 0.29) is 5.82 Å². The Morgan fingerprint density at radius 3 is 2.44 bits per heavy atom. The van der Waals surface area contributed by atoms with Gasteiger partial charge in [-0.15, -0.1) is 0 Å². The Labute approximate surface area is 150 Å². The van der Waals surface area contributed by atoms with Crippen LogP contribution < -0.4 is 4.74 Å². The summed E-state index contributed by atoms with van der Waals surface area (Å²) in [7, 11) is 0. The minimum Gasteiger partial charge on any atom is -0.426 e. The molecule has 126 valence electrons. The van der Waals surface area contributed by atoms with Gasteiger partial charge in [0.05, 0.1) is 5.92 Å². The molecule has 3 rings (SSSR count). The van der Waals surface area contributed by atoms with Crippen molar-refractivity contribution < 1.29 is 13.9 Å². The molecule has 0 saturated carbocycles. The monoisotopic (exact) mass is 354 g/mol. The zero-order chi connectivity index (χ0) is 17.8. The molecule has 0 spiro atoms. The van der Waals surface area contributed by atoms with Crippen LogP contribution in [0.1, 0.15) is 18.4 Å². The zero-order valence-electron chi connectivity index (χ0n) is 13.6. The molecular formula is C21H16ClFO2. The van der Waals surface area contributed by atoms with E-state index in [1.807, 2.05) is 30.3 Å².